The van der Waals surface area contributed by atoms with Crippen LogP contribution >= 0.6 is 22.7 Å². The number of carbonyl (C=O) groups excluding carboxylic acids is 3. The zero-order chi connectivity index (χ0) is 19.9. The molecular weight excluding hydrogens is 398 g/mol. The summed E-state index contributed by atoms with van der Waals surface area (Å²) in [5.41, 5.74) is 2.63. The number of hydrogen-bond acceptors (Lipinski definition) is 7. The summed E-state index contributed by atoms with van der Waals surface area (Å²) in [5, 5.41) is 11.7. The molecule has 28 heavy (non-hydrogen) atoms. The molecule has 0 saturated carbocycles. The molecule has 0 radical (unpaired) electrons. The third-order valence-corrected chi connectivity index (χ3v) is 5.29. The Labute approximate surface area is 169 Å². The third-order valence-electron chi connectivity index (χ3n) is 3.67. The lowest BCUT2D eigenvalue weighted by atomic mass is 10.2. The van der Waals surface area contributed by atoms with Crippen LogP contribution in [0, 0.1) is 0 Å². The number of nitrogens with zero attached hydrogens (tertiary/aromatic N) is 1. The number of ether oxygens (including phenoxy) is 1. The van der Waals surface area contributed by atoms with Crippen LogP contribution in [0.25, 0.3) is 10.6 Å². The lowest BCUT2D eigenvalue weighted by molar-refractivity contribution is -0.146. The van der Waals surface area contributed by atoms with E-state index in [-0.39, 0.29) is 12.3 Å². The van der Waals surface area contributed by atoms with Crippen LogP contribution in [0.2, 0.25) is 0 Å². The van der Waals surface area contributed by atoms with Crippen LogP contribution in [0.5, 0.6) is 0 Å². The second kappa shape index (κ2) is 9.25. The average Bonchev–Trinajstić information content (AvgIpc) is 3.38. The molecule has 0 bridgehead atoms. The van der Waals surface area contributed by atoms with Crippen molar-refractivity contribution in [3.05, 3.63) is 57.7 Å². The van der Waals surface area contributed by atoms with Crippen LogP contribution in [0.1, 0.15) is 16.1 Å². The molecule has 144 valence electrons. The maximum absolute atomic E-state index is 11.9. The number of anilines is 1. The van der Waals surface area contributed by atoms with Crippen molar-refractivity contribution in [1.82, 2.24) is 10.3 Å². The van der Waals surface area contributed by atoms with Gasteiger partial charge in [0.1, 0.15) is 5.01 Å². The van der Waals surface area contributed by atoms with Crippen molar-refractivity contribution in [3.63, 3.8) is 0 Å². The van der Waals surface area contributed by atoms with Gasteiger partial charge in [0.15, 0.2) is 6.61 Å². The second-order valence-corrected chi connectivity index (χ2v) is 7.34. The van der Waals surface area contributed by atoms with Crippen molar-refractivity contribution in [1.29, 1.82) is 0 Å². The van der Waals surface area contributed by atoms with Gasteiger partial charge in [-0.3, -0.25) is 14.4 Å². The van der Waals surface area contributed by atoms with E-state index in [1.165, 1.54) is 11.3 Å². The van der Waals surface area contributed by atoms with E-state index in [4.69, 9.17) is 4.74 Å². The van der Waals surface area contributed by atoms with Crippen LogP contribution in [0.15, 0.2) is 46.5 Å². The predicted molar refractivity (Wildman–Crippen MR) is 109 cm³/mol. The third kappa shape index (κ3) is 5.24. The minimum Gasteiger partial charge on any atom is -0.455 e. The SMILES string of the molecule is CNC(=O)c1ccc(NC(=O)COC(=O)Cc2csc(-c3ccsc3)n2)cc1. The molecule has 2 amide bonds. The number of benzene rings is 1. The van der Waals surface area contributed by atoms with Crippen molar-refractivity contribution in [2.45, 2.75) is 6.42 Å². The van der Waals surface area contributed by atoms with Crippen molar-refractivity contribution in [2.75, 3.05) is 19.0 Å². The summed E-state index contributed by atoms with van der Waals surface area (Å²) in [5.74, 6) is -1.19. The molecule has 0 saturated heterocycles. The Morgan fingerprint density at radius 3 is 2.57 bits per heavy atom. The van der Waals surface area contributed by atoms with Crippen molar-refractivity contribution in [3.8, 4) is 10.6 Å². The molecule has 1 aromatic carbocycles. The van der Waals surface area contributed by atoms with Gasteiger partial charge < -0.3 is 15.4 Å². The molecule has 0 spiro atoms. The number of carbonyl (C=O) groups is 3. The lowest BCUT2D eigenvalue weighted by Gasteiger charge is -2.07. The first-order chi connectivity index (χ1) is 13.5. The summed E-state index contributed by atoms with van der Waals surface area (Å²) in [6.07, 6.45) is 0.00867. The zero-order valence-electron chi connectivity index (χ0n) is 14.9. The van der Waals surface area contributed by atoms with Gasteiger partial charge in [0, 0.05) is 34.6 Å². The molecule has 9 heteroatoms. The molecule has 0 fully saturated rings. The normalized spacial score (nSPS) is 10.3. The predicted octanol–water partition coefficient (Wildman–Crippen LogP) is 2.96. The fraction of sp³-hybridized carbons (Fsp3) is 0.158. The molecule has 0 unspecified atom stereocenters. The van der Waals surface area contributed by atoms with E-state index in [0.717, 1.165) is 10.6 Å². The zero-order valence-corrected chi connectivity index (χ0v) is 16.6. The molecule has 2 aromatic heterocycles. The molecule has 0 aliphatic rings. The quantitative estimate of drug-likeness (QED) is 0.578. The van der Waals surface area contributed by atoms with Crippen LogP contribution in [-0.4, -0.2) is 36.4 Å². The van der Waals surface area contributed by atoms with Crippen molar-refractivity contribution >= 4 is 46.1 Å². The Kier molecular flexibility index (Phi) is 6.51. The van der Waals surface area contributed by atoms with Gasteiger partial charge in [-0.1, -0.05) is 0 Å². The fourth-order valence-corrected chi connectivity index (χ4v) is 3.83. The molecule has 7 nitrogen and oxygen atoms in total. The van der Waals surface area contributed by atoms with Crippen molar-refractivity contribution in [2.24, 2.45) is 0 Å². The summed E-state index contributed by atoms with van der Waals surface area (Å²) in [7, 11) is 1.54. The first-order valence-corrected chi connectivity index (χ1v) is 10.1. The van der Waals surface area contributed by atoms with Crippen LogP contribution in [0.3, 0.4) is 0 Å². The van der Waals surface area contributed by atoms with E-state index in [0.29, 0.717) is 16.9 Å². The van der Waals surface area contributed by atoms with Crippen LogP contribution in [0.4, 0.5) is 5.69 Å². The van der Waals surface area contributed by atoms with E-state index < -0.39 is 18.5 Å². The maximum Gasteiger partial charge on any atom is 0.312 e. The number of thiophene rings is 1. The van der Waals surface area contributed by atoms with Gasteiger partial charge in [-0.05, 0) is 35.7 Å². The highest BCUT2D eigenvalue weighted by Gasteiger charge is 2.12. The second-order valence-electron chi connectivity index (χ2n) is 5.70. The number of aromatic nitrogens is 1. The topological polar surface area (TPSA) is 97.4 Å². The Morgan fingerprint density at radius 1 is 1.11 bits per heavy atom. The van der Waals surface area contributed by atoms with Gasteiger partial charge in [0.2, 0.25) is 0 Å². The number of nitrogens with one attached hydrogen (secondary N) is 2. The highest BCUT2D eigenvalue weighted by atomic mass is 32.1. The molecule has 2 N–H and O–H groups in total. The minimum absolute atomic E-state index is 0.00867. The summed E-state index contributed by atoms with van der Waals surface area (Å²) >= 11 is 3.04. The molecular formula is C19H17N3O4S2. The summed E-state index contributed by atoms with van der Waals surface area (Å²) < 4.78 is 5.01. The van der Waals surface area contributed by atoms with Gasteiger partial charge >= 0.3 is 5.97 Å². The van der Waals surface area contributed by atoms with E-state index in [1.807, 2.05) is 22.2 Å². The first-order valence-electron chi connectivity index (χ1n) is 8.30. The Bertz CT molecular complexity index is 965. The highest BCUT2D eigenvalue weighted by molar-refractivity contribution is 7.14. The lowest BCUT2D eigenvalue weighted by Crippen LogP contribution is -2.22. The van der Waals surface area contributed by atoms with E-state index >= 15 is 0 Å². The molecule has 0 atom stereocenters. The molecule has 0 aliphatic heterocycles. The summed E-state index contributed by atoms with van der Waals surface area (Å²) in [6, 6.07) is 8.36. The highest BCUT2D eigenvalue weighted by Crippen LogP contribution is 2.25. The molecule has 0 aliphatic carbocycles. The molecule has 3 rings (SSSR count). The number of hydrogen-bond donors (Lipinski definition) is 2. The summed E-state index contributed by atoms with van der Waals surface area (Å²) in [6.45, 7) is -0.391. The van der Waals surface area contributed by atoms with E-state index in [9.17, 15) is 14.4 Å². The smallest absolute Gasteiger partial charge is 0.312 e. The van der Waals surface area contributed by atoms with Crippen LogP contribution < -0.4 is 10.6 Å². The standard InChI is InChI=1S/C19H17N3O4S2/c1-20-18(25)12-2-4-14(5-3-12)21-16(23)9-26-17(24)8-15-11-28-19(22-15)13-6-7-27-10-13/h2-7,10-11H,8-9H2,1H3,(H,20,25)(H,21,23). The maximum atomic E-state index is 11.9. The average molecular weight is 415 g/mol. The fourth-order valence-electron chi connectivity index (χ4n) is 2.30. The molecule has 2 heterocycles. The molecule has 3 aromatic rings. The van der Waals surface area contributed by atoms with E-state index in [1.54, 1.807) is 42.6 Å². The largest absolute Gasteiger partial charge is 0.455 e. The van der Waals surface area contributed by atoms with Crippen molar-refractivity contribution < 1.29 is 19.1 Å². The van der Waals surface area contributed by atoms with Gasteiger partial charge in [-0.15, -0.1) is 11.3 Å². The number of esters is 1. The van der Waals surface area contributed by atoms with Crippen LogP contribution in [-0.2, 0) is 20.7 Å². The summed E-state index contributed by atoms with van der Waals surface area (Å²) in [4.78, 5) is 39.8. The first kappa shape index (κ1) is 19.7. The van der Waals surface area contributed by atoms with Gasteiger partial charge in [-0.2, -0.15) is 11.3 Å². The van der Waals surface area contributed by atoms with E-state index in [2.05, 4.69) is 15.6 Å². The van der Waals surface area contributed by atoms with Gasteiger partial charge in [0.25, 0.3) is 11.8 Å². The Balaban J connectivity index is 1.45. The van der Waals surface area contributed by atoms with Gasteiger partial charge in [0.05, 0.1) is 12.1 Å². The minimum atomic E-state index is -0.521. The number of rotatable bonds is 7. The monoisotopic (exact) mass is 415 g/mol. The Hall–Kier alpha value is -3.04. The number of thiazole rings is 1. The van der Waals surface area contributed by atoms with Gasteiger partial charge in [-0.25, -0.2) is 4.98 Å². The Morgan fingerprint density at radius 2 is 1.89 bits per heavy atom. The number of amides is 2.